The van der Waals surface area contributed by atoms with E-state index in [4.69, 9.17) is 11.6 Å². The topological polar surface area (TPSA) is 59.8 Å². The Morgan fingerprint density at radius 1 is 1.20 bits per heavy atom. The average Bonchev–Trinajstić information content (AvgIpc) is 3.07. The molecule has 1 amide bonds. The van der Waals surface area contributed by atoms with Crippen LogP contribution >= 0.6 is 11.6 Å². The fraction of sp³-hybridized carbons (Fsp3) is 0.409. The number of benzene rings is 2. The summed E-state index contributed by atoms with van der Waals surface area (Å²) in [7, 11) is 0. The fourth-order valence-electron chi connectivity index (χ4n) is 5.10. The second-order valence-electron chi connectivity index (χ2n) is 8.30. The predicted molar refractivity (Wildman–Crippen MR) is 109 cm³/mol. The lowest BCUT2D eigenvalue weighted by molar-refractivity contribution is 0.0926. The third-order valence-electron chi connectivity index (χ3n) is 6.56. The normalized spacial score (nSPS) is 25.9. The maximum absolute atomic E-state index is 13.9. The molecule has 0 radical (unpaired) electrons. The van der Waals surface area contributed by atoms with Crippen molar-refractivity contribution in [3.8, 4) is 0 Å². The summed E-state index contributed by atoms with van der Waals surface area (Å²) in [5.41, 5.74) is 0.949. The first-order valence-corrected chi connectivity index (χ1v) is 10.6. The lowest BCUT2D eigenvalue weighted by atomic mass is 9.99. The maximum atomic E-state index is 13.9. The standard InChI is InChI=1S/C22H21ClF2N4O/c1-2-18(26-22(30)11-3-5-12(23)6-4-11)20-15-9-14(10-16(15)20)29-27-19-8-13(24)7-17(25)21(19)28-29/h3-8,14-16,18,20H,2,9-10H2,1H3,(H,26,30)/t14?,15-,16+,18?,20?. The van der Waals surface area contributed by atoms with Crippen LogP contribution in [0.15, 0.2) is 36.4 Å². The SMILES string of the molecule is CCC(NC(=O)c1ccc(Cl)cc1)C1[C@H]2CC(n3nc4cc(F)cc(F)c4n3)C[C@@H]12. The van der Waals surface area contributed by atoms with Gasteiger partial charge in [0.25, 0.3) is 5.91 Å². The lowest BCUT2D eigenvalue weighted by Gasteiger charge is -2.21. The van der Waals surface area contributed by atoms with Crippen molar-refractivity contribution in [1.29, 1.82) is 0 Å². The van der Waals surface area contributed by atoms with Gasteiger partial charge in [-0.1, -0.05) is 18.5 Å². The number of fused-ring (bicyclic) bond motifs is 2. The second kappa shape index (κ2) is 7.30. The predicted octanol–water partition coefficient (Wildman–Crippen LogP) is 4.77. The molecule has 0 bridgehead atoms. The van der Waals surface area contributed by atoms with E-state index in [1.54, 1.807) is 29.1 Å². The van der Waals surface area contributed by atoms with E-state index >= 15 is 0 Å². The molecule has 0 saturated heterocycles. The van der Waals surface area contributed by atoms with Crippen molar-refractivity contribution in [2.45, 2.75) is 38.3 Å². The molecule has 2 aliphatic rings. The van der Waals surface area contributed by atoms with Crippen molar-refractivity contribution in [3.63, 3.8) is 0 Å². The van der Waals surface area contributed by atoms with Crippen LogP contribution in [-0.2, 0) is 0 Å². The van der Waals surface area contributed by atoms with Crippen LogP contribution in [0.3, 0.4) is 0 Å². The van der Waals surface area contributed by atoms with Crippen molar-refractivity contribution in [3.05, 3.63) is 58.6 Å². The highest BCUT2D eigenvalue weighted by atomic mass is 35.5. The Hall–Kier alpha value is -2.54. The van der Waals surface area contributed by atoms with Gasteiger partial charge in [0.05, 0.1) is 6.04 Å². The summed E-state index contributed by atoms with van der Waals surface area (Å²) < 4.78 is 27.3. The molecule has 2 fully saturated rings. The number of halogens is 3. The van der Waals surface area contributed by atoms with E-state index < -0.39 is 11.6 Å². The zero-order valence-corrected chi connectivity index (χ0v) is 17.1. The Morgan fingerprint density at radius 2 is 1.90 bits per heavy atom. The molecule has 3 aromatic rings. The number of aromatic nitrogens is 3. The molecular weight excluding hydrogens is 410 g/mol. The van der Waals surface area contributed by atoms with E-state index in [2.05, 4.69) is 22.4 Å². The minimum absolute atomic E-state index is 0.0792. The van der Waals surface area contributed by atoms with E-state index in [0.29, 0.717) is 28.3 Å². The minimum Gasteiger partial charge on any atom is -0.349 e. The second-order valence-corrected chi connectivity index (χ2v) is 8.74. The number of amides is 1. The number of rotatable bonds is 5. The van der Waals surface area contributed by atoms with E-state index in [0.717, 1.165) is 25.3 Å². The molecule has 2 aromatic carbocycles. The summed E-state index contributed by atoms with van der Waals surface area (Å²) in [6, 6.07) is 9.11. The van der Waals surface area contributed by atoms with Gasteiger partial charge in [0, 0.05) is 28.8 Å². The fourth-order valence-corrected chi connectivity index (χ4v) is 5.22. The first-order chi connectivity index (χ1) is 14.4. The number of carbonyl (C=O) groups is 1. The maximum Gasteiger partial charge on any atom is 0.251 e. The molecule has 0 spiro atoms. The van der Waals surface area contributed by atoms with Gasteiger partial charge < -0.3 is 5.32 Å². The first kappa shape index (κ1) is 19.4. The van der Waals surface area contributed by atoms with Crippen LogP contribution in [0.25, 0.3) is 11.0 Å². The molecule has 5 nitrogen and oxygen atoms in total. The first-order valence-electron chi connectivity index (χ1n) is 10.2. The van der Waals surface area contributed by atoms with E-state index in [1.165, 1.54) is 6.07 Å². The molecule has 30 heavy (non-hydrogen) atoms. The van der Waals surface area contributed by atoms with Gasteiger partial charge in [-0.15, -0.1) is 5.10 Å². The van der Waals surface area contributed by atoms with Crippen LogP contribution in [-0.4, -0.2) is 26.9 Å². The molecule has 5 atom stereocenters. The highest BCUT2D eigenvalue weighted by Gasteiger charge is 2.59. The number of nitrogens with zero attached hydrogens (tertiary/aromatic N) is 3. The van der Waals surface area contributed by atoms with Gasteiger partial charge in [0.2, 0.25) is 0 Å². The molecule has 3 unspecified atom stereocenters. The number of nitrogens with one attached hydrogen (secondary N) is 1. The van der Waals surface area contributed by atoms with Gasteiger partial charge in [0.15, 0.2) is 5.82 Å². The molecule has 2 saturated carbocycles. The summed E-state index contributed by atoms with van der Waals surface area (Å²) >= 11 is 5.90. The van der Waals surface area contributed by atoms with Crippen molar-refractivity contribution in [1.82, 2.24) is 20.3 Å². The third-order valence-corrected chi connectivity index (χ3v) is 6.81. The molecule has 1 N–H and O–H groups in total. The summed E-state index contributed by atoms with van der Waals surface area (Å²) in [5.74, 6) is -0.0154. The Labute approximate surface area is 177 Å². The largest absolute Gasteiger partial charge is 0.349 e. The highest BCUT2D eigenvalue weighted by molar-refractivity contribution is 6.30. The van der Waals surface area contributed by atoms with Crippen molar-refractivity contribution in [2.24, 2.45) is 17.8 Å². The van der Waals surface area contributed by atoms with Crippen molar-refractivity contribution in [2.75, 3.05) is 0 Å². The van der Waals surface area contributed by atoms with Gasteiger partial charge in [-0.3, -0.25) is 4.79 Å². The highest BCUT2D eigenvalue weighted by Crippen LogP contribution is 2.62. The van der Waals surface area contributed by atoms with Crippen LogP contribution in [0.2, 0.25) is 5.02 Å². The summed E-state index contributed by atoms with van der Waals surface area (Å²) in [6.07, 6.45) is 2.62. The number of hydrogen-bond acceptors (Lipinski definition) is 3. The van der Waals surface area contributed by atoms with Crippen LogP contribution in [0.5, 0.6) is 0 Å². The van der Waals surface area contributed by atoms with E-state index in [-0.39, 0.29) is 29.0 Å². The van der Waals surface area contributed by atoms with Crippen LogP contribution in [0.4, 0.5) is 8.78 Å². The molecule has 5 rings (SSSR count). The van der Waals surface area contributed by atoms with E-state index in [9.17, 15) is 13.6 Å². The summed E-state index contributed by atoms with van der Waals surface area (Å²) in [4.78, 5) is 14.1. The number of carbonyl (C=O) groups excluding carboxylic acids is 1. The van der Waals surface area contributed by atoms with Gasteiger partial charge in [0.1, 0.15) is 16.9 Å². The minimum atomic E-state index is -0.687. The quantitative estimate of drug-likeness (QED) is 0.634. The Bertz CT molecular complexity index is 1100. The molecule has 2 aliphatic carbocycles. The molecule has 156 valence electrons. The smallest absolute Gasteiger partial charge is 0.251 e. The average molecular weight is 431 g/mol. The Kier molecular flexibility index (Phi) is 4.73. The molecular formula is C22H21ClF2N4O. The van der Waals surface area contributed by atoms with Crippen LogP contribution in [0.1, 0.15) is 42.6 Å². The van der Waals surface area contributed by atoms with E-state index in [1.807, 2.05) is 0 Å². The Morgan fingerprint density at radius 3 is 2.57 bits per heavy atom. The number of hydrogen-bond donors (Lipinski definition) is 1. The zero-order chi connectivity index (χ0) is 21.0. The van der Waals surface area contributed by atoms with Gasteiger partial charge >= 0.3 is 0 Å². The van der Waals surface area contributed by atoms with Gasteiger partial charge in [-0.2, -0.15) is 9.90 Å². The lowest BCUT2D eigenvalue weighted by Crippen LogP contribution is -2.37. The summed E-state index contributed by atoms with van der Waals surface area (Å²) in [5, 5.41) is 12.3. The Balaban J connectivity index is 1.25. The zero-order valence-electron chi connectivity index (χ0n) is 16.4. The van der Waals surface area contributed by atoms with Crippen molar-refractivity contribution >= 4 is 28.5 Å². The molecule has 1 heterocycles. The molecule has 0 aliphatic heterocycles. The van der Waals surface area contributed by atoms with Gasteiger partial charge in [-0.05, 0) is 61.3 Å². The van der Waals surface area contributed by atoms with Crippen LogP contribution < -0.4 is 5.32 Å². The van der Waals surface area contributed by atoms with Crippen LogP contribution in [0, 0.1) is 29.4 Å². The molecule has 8 heteroatoms. The van der Waals surface area contributed by atoms with Gasteiger partial charge in [-0.25, -0.2) is 8.78 Å². The summed E-state index contributed by atoms with van der Waals surface area (Å²) in [6.45, 7) is 2.08. The van der Waals surface area contributed by atoms with Crippen molar-refractivity contribution < 1.29 is 13.6 Å². The third kappa shape index (κ3) is 3.35. The monoisotopic (exact) mass is 430 g/mol. The molecule has 1 aromatic heterocycles.